The first kappa shape index (κ1) is 20.4. The third kappa shape index (κ3) is 13.5. The Labute approximate surface area is 143 Å². The normalized spacial score (nSPS) is 18.2. The molecule has 1 unspecified atom stereocenters. The van der Waals surface area contributed by atoms with E-state index in [4.69, 9.17) is 4.18 Å². The van der Waals surface area contributed by atoms with E-state index in [1.165, 1.54) is 51.4 Å². The van der Waals surface area contributed by atoms with Gasteiger partial charge in [-0.1, -0.05) is 50.0 Å². The van der Waals surface area contributed by atoms with Gasteiger partial charge in [-0.2, -0.15) is 8.42 Å². The molecule has 0 heterocycles. The Morgan fingerprint density at radius 1 is 1.00 bits per heavy atom. The molecule has 1 aliphatic carbocycles. The van der Waals surface area contributed by atoms with Crippen molar-refractivity contribution in [3.05, 3.63) is 24.3 Å². The molecule has 0 radical (unpaired) electrons. The van der Waals surface area contributed by atoms with Crippen molar-refractivity contribution in [1.29, 1.82) is 0 Å². The smallest absolute Gasteiger partial charge is 0.264 e. The van der Waals surface area contributed by atoms with Gasteiger partial charge in [0, 0.05) is 0 Å². The van der Waals surface area contributed by atoms with Gasteiger partial charge in [0.25, 0.3) is 10.1 Å². The summed E-state index contributed by atoms with van der Waals surface area (Å²) in [4.78, 5) is 0. The average Bonchev–Trinajstić information content (AvgIpc) is 3.00. The molecule has 3 nitrogen and oxygen atoms in total. The van der Waals surface area contributed by atoms with Crippen molar-refractivity contribution >= 4 is 10.1 Å². The Bertz CT molecular complexity index is 438. The Balaban J connectivity index is 1.77. The molecule has 0 aliphatic heterocycles. The number of hydrogen-bond donors (Lipinski definition) is 0. The van der Waals surface area contributed by atoms with E-state index in [0.717, 1.165) is 37.9 Å². The zero-order chi connectivity index (χ0) is 16.8. The van der Waals surface area contributed by atoms with Crippen LogP contribution in [0.3, 0.4) is 0 Å². The summed E-state index contributed by atoms with van der Waals surface area (Å²) in [6.45, 7) is 0.319. The third-order valence-corrected chi connectivity index (χ3v) is 4.88. The second kappa shape index (κ2) is 12.8. The Hall–Kier alpha value is -0.610. The monoisotopic (exact) mass is 342 g/mol. The van der Waals surface area contributed by atoms with E-state index in [1.807, 2.05) is 0 Å². The lowest BCUT2D eigenvalue weighted by Crippen LogP contribution is -2.03. The molecule has 0 fully saturated rings. The van der Waals surface area contributed by atoms with Gasteiger partial charge in [-0.15, -0.1) is 0 Å². The van der Waals surface area contributed by atoms with Crippen molar-refractivity contribution < 1.29 is 12.6 Å². The molecule has 0 saturated carbocycles. The summed E-state index contributed by atoms with van der Waals surface area (Å²) in [6.07, 6.45) is 25.1. The molecule has 23 heavy (non-hydrogen) atoms. The highest BCUT2D eigenvalue weighted by Gasteiger charge is 2.07. The van der Waals surface area contributed by atoms with Gasteiger partial charge in [0.2, 0.25) is 0 Å². The van der Waals surface area contributed by atoms with Crippen LogP contribution in [0.15, 0.2) is 24.3 Å². The van der Waals surface area contributed by atoms with Crippen molar-refractivity contribution in [2.75, 3.05) is 12.9 Å². The lowest BCUT2D eigenvalue weighted by Gasteiger charge is -2.06. The lowest BCUT2D eigenvalue weighted by molar-refractivity contribution is 0.310. The molecule has 0 aromatic heterocycles. The third-order valence-electron chi connectivity index (χ3n) is 4.29. The maximum absolute atomic E-state index is 10.8. The van der Waals surface area contributed by atoms with Crippen LogP contribution >= 0.6 is 0 Å². The Morgan fingerprint density at radius 2 is 1.65 bits per heavy atom. The molecule has 0 spiro atoms. The van der Waals surface area contributed by atoms with E-state index >= 15 is 0 Å². The second-order valence-corrected chi connectivity index (χ2v) is 8.25. The van der Waals surface area contributed by atoms with Gasteiger partial charge in [-0.3, -0.25) is 4.18 Å². The summed E-state index contributed by atoms with van der Waals surface area (Å²) >= 11 is 0. The highest BCUT2D eigenvalue weighted by molar-refractivity contribution is 7.85. The number of unbranched alkanes of at least 4 members (excludes halogenated alkanes) is 7. The summed E-state index contributed by atoms with van der Waals surface area (Å²) in [6, 6.07) is 0. The van der Waals surface area contributed by atoms with Crippen molar-refractivity contribution in [3.63, 3.8) is 0 Å². The number of allylic oxidation sites excluding steroid dienone is 4. The predicted molar refractivity (Wildman–Crippen MR) is 98.0 cm³/mol. The maximum atomic E-state index is 10.8. The molecule has 0 aromatic rings. The summed E-state index contributed by atoms with van der Waals surface area (Å²) in [5, 5.41) is 0. The number of rotatable bonds is 14. The SMILES string of the molecule is CS(=O)(=O)OCCCCCC=CCCCCCCC1C=CCC1. The molecule has 1 atom stereocenters. The lowest BCUT2D eigenvalue weighted by atomic mass is 10.00. The van der Waals surface area contributed by atoms with Crippen LogP contribution in [0.5, 0.6) is 0 Å². The standard InChI is InChI=1S/C19H34O3S/c1-23(20,21)22-18-14-10-8-6-4-2-3-5-7-9-11-15-19-16-12-13-17-19/h2,4,12,16,19H,3,5-11,13-15,17-18H2,1H3. The van der Waals surface area contributed by atoms with Crippen LogP contribution in [-0.2, 0) is 14.3 Å². The quantitative estimate of drug-likeness (QED) is 0.242. The zero-order valence-corrected chi connectivity index (χ0v) is 15.5. The van der Waals surface area contributed by atoms with Crippen LogP contribution in [0.1, 0.15) is 77.0 Å². The first-order valence-electron chi connectivity index (χ1n) is 9.24. The Kier molecular flexibility index (Phi) is 11.3. The average molecular weight is 343 g/mol. The van der Waals surface area contributed by atoms with Crippen LogP contribution in [0.4, 0.5) is 0 Å². The van der Waals surface area contributed by atoms with Gasteiger partial charge >= 0.3 is 0 Å². The molecule has 4 heteroatoms. The molecular weight excluding hydrogens is 308 g/mol. The van der Waals surface area contributed by atoms with Crippen LogP contribution in [0, 0.1) is 5.92 Å². The minimum absolute atomic E-state index is 0.319. The van der Waals surface area contributed by atoms with E-state index < -0.39 is 10.1 Å². The van der Waals surface area contributed by atoms with Crippen molar-refractivity contribution in [2.45, 2.75) is 77.0 Å². The molecule has 0 N–H and O–H groups in total. The minimum atomic E-state index is -3.26. The molecule has 1 rings (SSSR count). The fourth-order valence-electron chi connectivity index (χ4n) is 2.95. The highest BCUT2D eigenvalue weighted by atomic mass is 32.2. The van der Waals surface area contributed by atoms with E-state index in [0.29, 0.717) is 6.61 Å². The van der Waals surface area contributed by atoms with Gasteiger partial charge in [-0.05, 0) is 57.3 Å². The van der Waals surface area contributed by atoms with E-state index in [9.17, 15) is 8.42 Å². The summed E-state index contributed by atoms with van der Waals surface area (Å²) in [5.74, 6) is 0.873. The van der Waals surface area contributed by atoms with Crippen LogP contribution in [0.25, 0.3) is 0 Å². The van der Waals surface area contributed by atoms with Crippen LogP contribution < -0.4 is 0 Å². The van der Waals surface area contributed by atoms with Gasteiger partial charge < -0.3 is 0 Å². The molecule has 0 amide bonds. The van der Waals surface area contributed by atoms with Crippen LogP contribution in [0.2, 0.25) is 0 Å². The molecule has 1 aliphatic rings. The van der Waals surface area contributed by atoms with E-state index in [2.05, 4.69) is 24.3 Å². The van der Waals surface area contributed by atoms with Crippen molar-refractivity contribution in [1.82, 2.24) is 0 Å². The molecule has 0 bridgehead atoms. The second-order valence-electron chi connectivity index (χ2n) is 6.60. The predicted octanol–water partition coefficient (Wildman–Crippen LogP) is 5.39. The van der Waals surface area contributed by atoms with Crippen molar-refractivity contribution in [3.8, 4) is 0 Å². The topological polar surface area (TPSA) is 43.4 Å². The van der Waals surface area contributed by atoms with Gasteiger partial charge in [0.05, 0.1) is 12.9 Å². The van der Waals surface area contributed by atoms with E-state index in [-0.39, 0.29) is 0 Å². The first-order chi connectivity index (χ1) is 11.1. The van der Waals surface area contributed by atoms with E-state index in [1.54, 1.807) is 0 Å². The van der Waals surface area contributed by atoms with Gasteiger partial charge in [-0.25, -0.2) is 0 Å². The number of hydrogen-bond acceptors (Lipinski definition) is 3. The maximum Gasteiger partial charge on any atom is 0.264 e. The zero-order valence-electron chi connectivity index (χ0n) is 14.7. The molecule has 0 saturated heterocycles. The highest BCUT2D eigenvalue weighted by Crippen LogP contribution is 2.23. The van der Waals surface area contributed by atoms with Crippen LogP contribution in [-0.4, -0.2) is 21.3 Å². The summed E-state index contributed by atoms with van der Waals surface area (Å²) < 4.78 is 26.2. The van der Waals surface area contributed by atoms with Gasteiger partial charge in [0.15, 0.2) is 0 Å². The Morgan fingerprint density at radius 3 is 2.26 bits per heavy atom. The fourth-order valence-corrected chi connectivity index (χ4v) is 3.37. The first-order valence-corrected chi connectivity index (χ1v) is 11.1. The molecule has 0 aromatic carbocycles. The van der Waals surface area contributed by atoms with Gasteiger partial charge in [0.1, 0.15) is 0 Å². The van der Waals surface area contributed by atoms with Crippen molar-refractivity contribution in [2.24, 2.45) is 5.92 Å². The molecular formula is C19H34O3S. The molecule has 134 valence electrons. The fraction of sp³-hybridized carbons (Fsp3) is 0.789. The summed E-state index contributed by atoms with van der Waals surface area (Å²) in [7, 11) is -3.26. The minimum Gasteiger partial charge on any atom is -0.270 e. The largest absolute Gasteiger partial charge is 0.270 e. The summed E-state index contributed by atoms with van der Waals surface area (Å²) in [5.41, 5.74) is 0.